The average molecular weight is 281 g/mol. The maximum Gasteiger partial charge on any atom is 0.261 e. The normalized spacial score (nSPS) is 18.5. The minimum absolute atomic E-state index is 0.0106. The second-order valence-corrected chi connectivity index (χ2v) is 5.21. The van der Waals surface area contributed by atoms with Crippen LogP contribution >= 0.6 is 11.3 Å². The summed E-state index contributed by atoms with van der Waals surface area (Å²) in [6.45, 7) is 0.393. The fourth-order valence-electron chi connectivity index (χ4n) is 1.79. The zero-order valence-electron chi connectivity index (χ0n) is 10.3. The minimum Gasteiger partial charge on any atom is -0.354 e. The van der Waals surface area contributed by atoms with Gasteiger partial charge in [-0.25, -0.2) is 0 Å². The van der Waals surface area contributed by atoms with Gasteiger partial charge < -0.3 is 16.0 Å². The van der Waals surface area contributed by atoms with Crippen molar-refractivity contribution in [3.63, 3.8) is 0 Å². The van der Waals surface area contributed by atoms with E-state index in [1.54, 1.807) is 17.5 Å². The summed E-state index contributed by atoms with van der Waals surface area (Å²) in [5.41, 5.74) is 0. The van der Waals surface area contributed by atoms with Gasteiger partial charge in [-0.3, -0.25) is 14.4 Å². The van der Waals surface area contributed by atoms with Crippen LogP contribution in [-0.4, -0.2) is 36.9 Å². The molecule has 0 aliphatic carbocycles. The largest absolute Gasteiger partial charge is 0.354 e. The molecule has 1 aromatic heterocycles. The van der Waals surface area contributed by atoms with E-state index in [1.807, 2.05) is 0 Å². The summed E-state index contributed by atoms with van der Waals surface area (Å²) in [5.74, 6) is -0.482. The molecule has 0 spiro atoms. The van der Waals surface area contributed by atoms with Crippen molar-refractivity contribution >= 4 is 29.1 Å². The number of carbonyl (C=O) groups is 3. The van der Waals surface area contributed by atoms with Crippen molar-refractivity contribution < 1.29 is 14.4 Å². The lowest BCUT2D eigenvalue weighted by atomic mass is 10.1. The molecule has 3 N–H and O–H groups in total. The van der Waals surface area contributed by atoms with Gasteiger partial charge in [0.2, 0.25) is 11.8 Å². The first-order chi connectivity index (χ1) is 9.15. The highest BCUT2D eigenvalue weighted by atomic mass is 32.1. The molecule has 2 rings (SSSR count). The van der Waals surface area contributed by atoms with Gasteiger partial charge in [0.1, 0.15) is 0 Å². The quantitative estimate of drug-likeness (QED) is 0.718. The van der Waals surface area contributed by atoms with Crippen LogP contribution in [0.3, 0.4) is 0 Å². The molecule has 1 saturated heterocycles. The van der Waals surface area contributed by atoms with Crippen molar-refractivity contribution in [2.24, 2.45) is 0 Å². The summed E-state index contributed by atoms with van der Waals surface area (Å²) in [7, 11) is 0. The second kappa shape index (κ2) is 6.33. The molecule has 0 aromatic carbocycles. The summed E-state index contributed by atoms with van der Waals surface area (Å²) in [5, 5.41) is 9.82. The molecule has 1 aliphatic rings. The van der Waals surface area contributed by atoms with Crippen molar-refractivity contribution in [1.82, 2.24) is 16.0 Å². The number of thiophene rings is 1. The van der Waals surface area contributed by atoms with Gasteiger partial charge in [0, 0.05) is 19.0 Å². The lowest BCUT2D eigenvalue weighted by Gasteiger charge is -2.23. The van der Waals surface area contributed by atoms with Crippen LogP contribution in [0.25, 0.3) is 0 Å². The van der Waals surface area contributed by atoms with Gasteiger partial charge in [0.15, 0.2) is 0 Å². The monoisotopic (exact) mass is 281 g/mol. The van der Waals surface area contributed by atoms with Crippen LogP contribution in [0.2, 0.25) is 0 Å². The van der Waals surface area contributed by atoms with Gasteiger partial charge >= 0.3 is 0 Å². The highest BCUT2D eigenvalue weighted by Crippen LogP contribution is 2.07. The molecule has 19 heavy (non-hydrogen) atoms. The standard InChI is InChI=1S/C12H15N3O3S/c16-10-4-3-8(6-13-10)15-11(17)7-14-12(18)9-2-1-5-19-9/h1-2,5,8H,3-4,6-7H2,(H,13,16)(H,14,18)(H,15,17). The van der Waals surface area contributed by atoms with E-state index < -0.39 is 0 Å². The fraction of sp³-hybridized carbons (Fsp3) is 0.417. The number of hydrogen-bond donors (Lipinski definition) is 3. The van der Waals surface area contributed by atoms with Crippen LogP contribution in [0.1, 0.15) is 22.5 Å². The van der Waals surface area contributed by atoms with E-state index in [2.05, 4.69) is 16.0 Å². The molecule has 1 aromatic rings. The Morgan fingerprint density at radius 1 is 1.47 bits per heavy atom. The second-order valence-electron chi connectivity index (χ2n) is 4.27. The summed E-state index contributed by atoms with van der Waals surface area (Å²) in [6, 6.07) is 3.43. The first-order valence-corrected chi connectivity index (χ1v) is 6.91. The highest BCUT2D eigenvalue weighted by molar-refractivity contribution is 7.12. The van der Waals surface area contributed by atoms with Gasteiger partial charge in [-0.1, -0.05) is 6.07 Å². The molecule has 2 heterocycles. The van der Waals surface area contributed by atoms with Crippen LogP contribution < -0.4 is 16.0 Å². The number of nitrogens with one attached hydrogen (secondary N) is 3. The number of carbonyl (C=O) groups excluding carboxylic acids is 3. The lowest BCUT2D eigenvalue weighted by molar-refractivity contribution is -0.125. The molecular weight excluding hydrogens is 266 g/mol. The van der Waals surface area contributed by atoms with E-state index in [0.29, 0.717) is 24.3 Å². The van der Waals surface area contributed by atoms with E-state index in [1.165, 1.54) is 11.3 Å². The predicted octanol–water partition coefficient (Wildman–Crippen LogP) is -0.127. The average Bonchev–Trinajstić information content (AvgIpc) is 2.93. The van der Waals surface area contributed by atoms with E-state index in [9.17, 15) is 14.4 Å². The lowest BCUT2D eigenvalue weighted by Crippen LogP contribution is -2.50. The molecule has 6 nitrogen and oxygen atoms in total. The first-order valence-electron chi connectivity index (χ1n) is 6.03. The third-order valence-electron chi connectivity index (χ3n) is 2.79. The zero-order valence-corrected chi connectivity index (χ0v) is 11.1. The predicted molar refractivity (Wildman–Crippen MR) is 70.8 cm³/mol. The topological polar surface area (TPSA) is 87.3 Å². The summed E-state index contributed by atoms with van der Waals surface area (Å²) in [4.78, 5) is 34.8. The molecule has 1 atom stereocenters. The molecule has 3 amide bonds. The Balaban J connectivity index is 1.70. The van der Waals surface area contributed by atoms with Crippen molar-refractivity contribution in [3.8, 4) is 0 Å². The van der Waals surface area contributed by atoms with Crippen molar-refractivity contribution in [2.75, 3.05) is 13.1 Å². The molecule has 102 valence electrons. The summed E-state index contributed by atoms with van der Waals surface area (Å²) >= 11 is 1.33. The Hall–Kier alpha value is -1.89. The van der Waals surface area contributed by atoms with Gasteiger partial charge in [0.05, 0.1) is 11.4 Å². The van der Waals surface area contributed by atoms with Crippen LogP contribution in [-0.2, 0) is 9.59 Å². The van der Waals surface area contributed by atoms with E-state index >= 15 is 0 Å². The Morgan fingerprint density at radius 2 is 2.32 bits per heavy atom. The van der Waals surface area contributed by atoms with Gasteiger partial charge in [-0.15, -0.1) is 11.3 Å². The van der Waals surface area contributed by atoms with Gasteiger partial charge in [-0.05, 0) is 17.9 Å². The van der Waals surface area contributed by atoms with E-state index in [4.69, 9.17) is 0 Å². The molecule has 1 fully saturated rings. The smallest absolute Gasteiger partial charge is 0.261 e. The molecule has 0 bridgehead atoms. The maximum absolute atomic E-state index is 11.6. The van der Waals surface area contributed by atoms with Crippen molar-refractivity contribution in [3.05, 3.63) is 22.4 Å². The third kappa shape index (κ3) is 4.06. The number of rotatable bonds is 4. The summed E-state index contributed by atoms with van der Waals surface area (Å²) < 4.78 is 0. The van der Waals surface area contributed by atoms with Crippen LogP contribution in [0.5, 0.6) is 0 Å². The summed E-state index contributed by atoms with van der Waals surface area (Å²) in [6.07, 6.45) is 1.06. The Labute approximate surface area is 114 Å². The van der Waals surface area contributed by atoms with E-state index in [-0.39, 0.29) is 30.3 Å². The first kappa shape index (κ1) is 13.5. The van der Waals surface area contributed by atoms with Crippen LogP contribution in [0, 0.1) is 0 Å². The number of hydrogen-bond acceptors (Lipinski definition) is 4. The molecule has 7 heteroatoms. The number of piperidine rings is 1. The van der Waals surface area contributed by atoms with Crippen molar-refractivity contribution in [2.45, 2.75) is 18.9 Å². The molecule has 0 radical (unpaired) electrons. The Bertz CT molecular complexity index is 463. The molecule has 0 saturated carbocycles. The van der Waals surface area contributed by atoms with E-state index in [0.717, 1.165) is 0 Å². The van der Waals surface area contributed by atoms with Gasteiger partial charge in [0.25, 0.3) is 5.91 Å². The third-order valence-corrected chi connectivity index (χ3v) is 3.65. The Kier molecular flexibility index (Phi) is 4.51. The SMILES string of the molecule is O=C1CCC(NC(=O)CNC(=O)c2cccs2)CN1. The fourth-order valence-corrected chi connectivity index (χ4v) is 2.43. The van der Waals surface area contributed by atoms with Crippen LogP contribution in [0.15, 0.2) is 17.5 Å². The van der Waals surface area contributed by atoms with Gasteiger partial charge in [-0.2, -0.15) is 0 Å². The maximum atomic E-state index is 11.6. The van der Waals surface area contributed by atoms with Crippen molar-refractivity contribution in [1.29, 1.82) is 0 Å². The molecule has 1 aliphatic heterocycles. The Morgan fingerprint density at radius 3 is 2.95 bits per heavy atom. The number of amides is 3. The zero-order chi connectivity index (χ0) is 13.7. The highest BCUT2D eigenvalue weighted by Gasteiger charge is 2.19. The molecule has 1 unspecified atom stereocenters. The van der Waals surface area contributed by atoms with Crippen LogP contribution in [0.4, 0.5) is 0 Å². The minimum atomic E-state index is -0.248. The molecular formula is C12H15N3O3S.